The summed E-state index contributed by atoms with van der Waals surface area (Å²) >= 11 is 0. The molecule has 0 heterocycles. The number of quaternary nitrogens is 2. The predicted octanol–water partition coefficient (Wildman–Crippen LogP) is 5.73. The summed E-state index contributed by atoms with van der Waals surface area (Å²) in [6, 6.07) is 14.7. The third kappa shape index (κ3) is 8.24. The lowest BCUT2D eigenvalue weighted by Crippen LogP contribution is -2.51. The highest BCUT2D eigenvalue weighted by Gasteiger charge is 2.25. The quantitative estimate of drug-likeness (QED) is 0.259. The number of nitrogens with zero attached hydrogens (tertiary/aromatic N) is 4. The van der Waals surface area contributed by atoms with Crippen molar-refractivity contribution in [3.8, 4) is 0 Å². The number of carbonyl (C=O) groups is 2. The van der Waals surface area contributed by atoms with Gasteiger partial charge in [-0.1, -0.05) is 0 Å². The highest BCUT2D eigenvalue weighted by atomic mass is 16.2. The third-order valence-corrected chi connectivity index (χ3v) is 7.57. The second-order valence-corrected chi connectivity index (χ2v) is 9.29. The van der Waals surface area contributed by atoms with E-state index in [4.69, 9.17) is 0 Å². The van der Waals surface area contributed by atoms with Crippen LogP contribution < -0.4 is 10.6 Å². The summed E-state index contributed by atoms with van der Waals surface area (Å²) in [5, 5.41) is 14.5. The number of rotatable bonds is 14. The molecule has 0 aliphatic carbocycles. The van der Waals surface area contributed by atoms with Crippen LogP contribution in [0.2, 0.25) is 0 Å². The monoisotopic (exact) mass is 496 g/mol. The van der Waals surface area contributed by atoms with Crippen molar-refractivity contribution in [2.24, 2.45) is 10.2 Å². The van der Waals surface area contributed by atoms with E-state index in [0.29, 0.717) is 24.5 Å². The van der Waals surface area contributed by atoms with Crippen molar-refractivity contribution in [3.05, 3.63) is 48.5 Å². The zero-order chi connectivity index (χ0) is 26.6. The Balaban J connectivity index is 1.92. The summed E-state index contributed by atoms with van der Waals surface area (Å²) in [5.74, 6) is 0.0386. The highest BCUT2D eigenvalue weighted by Crippen LogP contribution is 2.22. The van der Waals surface area contributed by atoms with Crippen molar-refractivity contribution in [2.45, 2.75) is 41.5 Å². The molecule has 0 aromatic heterocycles. The first-order chi connectivity index (χ1) is 17.3. The molecule has 0 radical (unpaired) electrons. The molecule has 8 nitrogen and oxygen atoms in total. The Kier molecular flexibility index (Phi) is 11.2. The molecule has 2 amide bonds. The Labute approximate surface area is 216 Å². The topological polar surface area (TPSA) is 82.9 Å². The SMILES string of the molecule is CC[N+](CC)(CC)CC(=O)Nc1ccc(/N=N\c2ccc(NC(=O)C[N+](CC)(CC)CC)cc2)cc1. The van der Waals surface area contributed by atoms with Crippen molar-refractivity contribution in [1.29, 1.82) is 0 Å². The number of amides is 2. The normalized spacial score (nSPS) is 12.1. The van der Waals surface area contributed by atoms with Gasteiger partial charge < -0.3 is 19.6 Å². The molecule has 0 aliphatic rings. The van der Waals surface area contributed by atoms with E-state index in [2.05, 4.69) is 62.4 Å². The van der Waals surface area contributed by atoms with Gasteiger partial charge in [-0.15, -0.1) is 0 Å². The van der Waals surface area contributed by atoms with E-state index < -0.39 is 0 Å². The first-order valence-electron chi connectivity index (χ1n) is 13.2. The molecule has 0 saturated carbocycles. The van der Waals surface area contributed by atoms with Crippen LogP contribution in [-0.2, 0) is 9.59 Å². The third-order valence-electron chi connectivity index (χ3n) is 7.57. The number of azo groups is 1. The summed E-state index contributed by atoms with van der Waals surface area (Å²) in [5.41, 5.74) is 2.88. The molecule has 196 valence electrons. The standard InChI is InChI=1S/C28H42N6O2/c1-7-33(8-2,9-3)21-27(35)29-23-13-17-25(18-14-23)31-32-26-19-15-24(16-20-26)30-28(36)22-34(10-4,11-5)12-6/h13-20H,7-12,21-22H2,1-6H3/p+2. The van der Waals surface area contributed by atoms with Crippen LogP contribution in [0, 0.1) is 0 Å². The van der Waals surface area contributed by atoms with Gasteiger partial charge in [0.2, 0.25) is 0 Å². The summed E-state index contributed by atoms with van der Waals surface area (Å²) in [7, 11) is 0. The highest BCUT2D eigenvalue weighted by molar-refractivity contribution is 5.92. The first kappa shape index (κ1) is 29.1. The fourth-order valence-corrected chi connectivity index (χ4v) is 4.36. The zero-order valence-electron chi connectivity index (χ0n) is 22.9. The molecular formula is C28H44N6O2+2. The van der Waals surface area contributed by atoms with E-state index in [9.17, 15) is 9.59 Å². The van der Waals surface area contributed by atoms with Crippen LogP contribution >= 0.6 is 0 Å². The average molecular weight is 497 g/mol. The molecule has 0 saturated heterocycles. The van der Waals surface area contributed by atoms with Crippen LogP contribution in [0.3, 0.4) is 0 Å². The van der Waals surface area contributed by atoms with E-state index in [1.807, 2.05) is 48.5 Å². The van der Waals surface area contributed by atoms with Gasteiger partial charge in [0.15, 0.2) is 13.1 Å². The fraction of sp³-hybridized carbons (Fsp3) is 0.500. The van der Waals surface area contributed by atoms with Gasteiger partial charge in [0.05, 0.1) is 50.6 Å². The van der Waals surface area contributed by atoms with Crippen LogP contribution in [0.25, 0.3) is 0 Å². The average Bonchev–Trinajstić information content (AvgIpc) is 2.91. The van der Waals surface area contributed by atoms with Crippen LogP contribution in [0.15, 0.2) is 58.8 Å². The summed E-state index contributed by atoms with van der Waals surface area (Å²) in [6.45, 7) is 19.3. The molecule has 0 spiro atoms. The summed E-state index contributed by atoms with van der Waals surface area (Å²) in [4.78, 5) is 25.0. The van der Waals surface area contributed by atoms with Crippen molar-refractivity contribution >= 4 is 34.6 Å². The molecule has 36 heavy (non-hydrogen) atoms. The Bertz CT molecular complexity index is 896. The molecule has 2 aromatic rings. The molecule has 0 bridgehead atoms. The van der Waals surface area contributed by atoms with Gasteiger partial charge in [-0.2, -0.15) is 10.2 Å². The van der Waals surface area contributed by atoms with Crippen molar-refractivity contribution in [1.82, 2.24) is 0 Å². The molecule has 0 aliphatic heterocycles. The molecule has 2 aromatic carbocycles. The second kappa shape index (κ2) is 13.8. The Morgan fingerprint density at radius 2 is 0.833 bits per heavy atom. The molecule has 2 rings (SSSR count). The lowest BCUT2D eigenvalue weighted by atomic mass is 10.2. The second-order valence-electron chi connectivity index (χ2n) is 9.29. The number of nitrogens with one attached hydrogen (secondary N) is 2. The largest absolute Gasteiger partial charge is 0.321 e. The van der Waals surface area contributed by atoms with Crippen LogP contribution in [0.5, 0.6) is 0 Å². The number of likely N-dealkylation sites (N-methyl/N-ethyl adjacent to an activating group) is 2. The predicted molar refractivity (Wildman–Crippen MR) is 148 cm³/mol. The molecule has 0 unspecified atom stereocenters. The van der Waals surface area contributed by atoms with Crippen LogP contribution in [0.1, 0.15) is 41.5 Å². The minimum Gasteiger partial charge on any atom is -0.321 e. The van der Waals surface area contributed by atoms with E-state index >= 15 is 0 Å². The van der Waals surface area contributed by atoms with E-state index in [1.165, 1.54) is 0 Å². The summed E-state index contributed by atoms with van der Waals surface area (Å²) < 4.78 is 1.55. The van der Waals surface area contributed by atoms with Gasteiger partial charge >= 0.3 is 0 Å². The maximum atomic E-state index is 12.5. The maximum Gasteiger partial charge on any atom is 0.279 e. The fourth-order valence-electron chi connectivity index (χ4n) is 4.36. The van der Waals surface area contributed by atoms with E-state index in [1.54, 1.807) is 0 Å². The maximum absolute atomic E-state index is 12.5. The van der Waals surface area contributed by atoms with Crippen molar-refractivity contribution in [3.63, 3.8) is 0 Å². The van der Waals surface area contributed by atoms with Gasteiger partial charge in [0.1, 0.15) is 0 Å². The molecular weight excluding hydrogens is 452 g/mol. The lowest BCUT2D eigenvalue weighted by Gasteiger charge is -2.34. The van der Waals surface area contributed by atoms with Crippen LogP contribution in [-0.4, -0.2) is 73.1 Å². The van der Waals surface area contributed by atoms with Crippen LogP contribution in [0.4, 0.5) is 22.7 Å². The zero-order valence-corrected chi connectivity index (χ0v) is 22.9. The van der Waals surface area contributed by atoms with Gasteiger partial charge in [0, 0.05) is 11.4 Å². The van der Waals surface area contributed by atoms with E-state index in [0.717, 1.165) is 59.6 Å². The minimum absolute atomic E-state index is 0.0193. The number of benzene rings is 2. The van der Waals surface area contributed by atoms with Gasteiger partial charge in [0.25, 0.3) is 11.8 Å². The Morgan fingerprint density at radius 1 is 0.556 bits per heavy atom. The molecule has 8 heteroatoms. The Hall–Kier alpha value is -3.10. The number of hydrogen-bond acceptors (Lipinski definition) is 4. The lowest BCUT2D eigenvalue weighted by molar-refractivity contribution is -0.915. The van der Waals surface area contributed by atoms with Crippen molar-refractivity contribution < 1.29 is 18.6 Å². The molecule has 0 fully saturated rings. The minimum atomic E-state index is 0.0193. The van der Waals surface area contributed by atoms with Crippen molar-refractivity contribution in [2.75, 3.05) is 63.0 Å². The molecule has 2 N–H and O–H groups in total. The Morgan fingerprint density at radius 3 is 1.08 bits per heavy atom. The number of carbonyl (C=O) groups excluding carboxylic acids is 2. The van der Waals surface area contributed by atoms with E-state index in [-0.39, 0.29) is 11.8 Å². The number of anilines is 2. The number of hydrogen-bond donors (Lipinski definition) is 2. The van der Waals surface area contributed by atoms with Gasteiger partial charge in [-0.05, 0) is 90.1 Å². The summed E-state index contributed by atoms with van der Waals surface area (Å²) in [6.07, 6.45) is 0. The smallest absolute Gasteiger partial charge is 0.279 e. The molecule has 0 atom stereocenters. The first-order valence-corrected chi connectivity index (χ1v) is 13.2. The van der Waals surface area contributed by atoms with Gasteiger partial charge in [-0.25, -0.2) is 0 Å². The van der Waals surface area contributed by atoms with Gasteiger partial charge in [-0.3, -0.25) is 9.59 Å².